The summed E-state index contributed by atoms with van der Waals surface area (Å²) >= 11 is 0. The highest BCUT2D eigenvalue weighted by Gasteiger charge is 2.35. The van der Waals surface area contributed by atoms with Crippen molar-refractivity contribution in [2.24, 2.45) is 5.73 Å². The first-order chi connectivity index (χ1) is 11.5. The predicted octanol–water partition coefficient (Wildman–Crippen LogP) is 1.76. The molecule has 0 fully saturated rings. The Morgan fingerprint density at radius 2 is 1.83 bits per heavy atom. The zero-order chi connectivity index (χ0) is 17.2. The Kier molecular flexibility index (Phi) is 3.95. The molecule has 0 spiro atoms. The average Bonchev–Trinajstić information content (AvgIpc) is 2.61. The van der Waals surface area contributed by atoms with Crippen LogP contribution in [0.5, 0.6) is 0 Å². The lowest BCUT2D eigenvalue weighted by molar-refractivity contribution is -0.123. The van der Waals surface area contributed by atoms with Crippen molar-refractivity contribution in [2.75, 3.05) is 0 Å². The molecule has 0 radical (unpaired) electrons. The van der Waals surface area contributed by atoms with Crippen molar-refractivity contribution in [1.82, 2.24) is 15.3 Å². The van der Waals surface area contributed by atoms with Crippen molar-refractivity contribution in [3.8, 4) is 0 Å². The van der Waals surface area contributed by atoms with Gasteiger partial charge >= 0.3 is 0 Å². The maximum Gasteiger partial charge on any atom is 0.253 e. The zero-order valence-corrected chi connectivity index (χ0v) is 13.1. The normalized spacial score (nSPS) is 13.2. The molecule has 0 bridgehead atoms. The lowest BCUT2D eigenvalue weighted by Gasteiger charge is -2.28. The third-order valence-corrected chi connectivity index (χ3v) is 4.00. The number of rotatable bonds is 4. The molecule has 3 N–H and O–H groups in total. The molecule has 2 amide bonds. The fraction of sp³-hybridized carbons (Fsp3) is 0.111. The van der Waals surface area contributed by atoms with Crippen molar-refractivity contribution in [3.05, 3.63) is 72.2 Å². The molecule has 120 valence electrons. The molecular formula is C18H16N4O2. The van der Waals surface area contributed by atoms with Gasteiger partial charge in [-0.05, 0) is 24.6 Å². The SMILES string of the molecule is C[C@](NC(=O)c1ccnc2ccncc12)(C(N)=O)c1ccccc1. The molecule has 1 atom stereocenters. The minimum atomic E-state index is -1.32. The molecule has 0 aliphatic carbocycles. The highest BCUT2D eigenvalue weighted by atomic mass is 16.2. The summed E-state index contributed by atoms with van der Waals surface area (Å²) < 4.78 is 0. The molecule has 0 aliphatic heterocycles. The van der Waals surface area contributed by atoms with Gasteiger partial charge in [0, 0.05) is 24.0 Å². The fourth-order valence-corrected chi connectivity index (χ4v) is 2.53. The summed E-state index contributed by atoms with van der Waals surface area (Å²) in [5.41, 5.74) is 5.89. The third-order valence-electron chi connectivity index (χ3n) is 4.00. The van der Waals surface area contributed by atoms with Crippen LogP contribution in [0.1, 0.15) is 22.8 Å². The van der Waals surface area contributed by atoms with Gasteiger partial charge < -0.3 is 11.1 Å². The number of hydrogen-bond acceptors (Lipinski definition) is 4. The van der Waals surface area contributed by atoms with Crippen LogP contribution < -0.4 is 11.1 Å². The molecular weight excluding hydrogens is 304 g/mol. The zero-order valence-electron chi connectivity index (χ0n) is 13.1. The van der Waals surface area contributed by atoms with Crippen molar-refractivity contribution < 1.29 is 9.59 Å². The number of nitrogens with zero attached hydrogens (tertiary/aromatic N) is 2. The van der Waals surface area contributed by atoms with Crippen molar-refractivity contribution >= 4 is 22.7 Å². The number of primary amides is 1. The second kappa shape index (κ2) is 6.08. The van der Waals surface area contributed by atoms with E-state index in [0.717, 1.165) is 0 Å². The molecule has 6 heteroatoms. The quantitative estimate of drug-likeness (QED) is 0.765. The summed E-state index contributed by atoms with van der Waals surface area (Å²) in [5, 5.41) is 3.36. The van der Waals surface area contributed by atoms with Gasteiger partial charge in [-0.15, -0.1) is 0 Å². The number of amides is 2. The lowest BCUT2D eigenvalue weighted by atomic mass is 9.90. The summed E-state index contributed by atoms with van der Waals surface area (Å²) in [6, 6.07) is 12.2. The molecule has 0 aliphatic rings. The standard InChI is InChI=1S/C18H16N4O2/c1-18(17(19)24,12-5-3-2-4-6-12)22-16(23)13-7-10-21-15-8-9-20-11-14(13)15/h2-11H,1H3,(H2,19,24)(H,22,23)/t18-/m1/s1. The molecule has 0 unspecified atom stereocenters. The molecule has 0 saturated heterocycles. The first kappa shape index (κ1) is 15.6. The van der Waals surface area contributed by atoms with Crippen LogP contribution in [0.15, 0.2) is 61.1 Å². The van der Waals surface area contributed by atoms with Crippen LogP contribution in [0.2, 0.25) is 0 Å². The minimum absolute atomic E-state index is 0.386. The van der Waals surface area contributed by atoms with Crippen LogP contribution in [0.25, 0.3) is 10.9 Å². The number of carbonyl (C=O) groups is 2. The highest BCUT2D eigenvalue weighted by molar-refractivity contribution is 6.07. The van der Waals surface area contributed by atoms with Gasteiger partial charge in [0.1, 0.15) is 5.54 Å². The van der Waals surface area contributed by atoms with Crippen molar-refractivity contribution in [1.29, 1.82) is 0 Å². The van der Waals surface area contributed by atoms with Gasteiger partial charge in [0.2, 0.25) is 5.91 Å². The third kappa shape index (κ3) is 2.69. The Morgan fingerprint density at radius 1 is 1.08 bits per heavy atom. The van der Waals surface area contributed by atoms with Gasteiger partial charge in [0.05, 0.1) is 11.1 Å². The summed E-state index contributed by atoms with van der Waals surface area (Å²) in [6.45, 7) is 1.59. The van der Waals surface area contributed by atoms with Crippen LogP contribution in [-0.4, -0.2) is 21.8 Å². The van der Waals surface area contributed by atoms with Crippen molar-refractivity contribution in [2.45, 2.75) is 12.5 Å². The molecule has 24 heavy (non-hydrogen) atoms. The van der Waals surface area contributed by atoms with E-state index in [1.807, 2.05) is 6.07 Å². The van der Waals surface area contributed by atoms with Gasteiger partial charge in [0.25, 0.3) is 5.91 Å². The first-order valence-corrected chi connectivity index (χ1v) is 7.39. The fourth-order valence-electron chi connectivity index (χ4n) is 2.53. The Balaban J connectivity index is 2.02. The number of carbonyl (C=O) groups excluding carboxylic acids is 2. The lowest BCUT2D eigenvalue weighted by Crippen LogP contribution is -2.52. The average molecular weight is 320 g/mol. The van der Waals surface area contributed by atoms with Gasteiger partial charge in [-0.25, -0.2) is 0 Å². The molecule has 0 saturated carbocycles. The number of nitrogens with one attached hydrogen (secondary N) is 1. The first-order valence-electron chi connectivity index (χ1n) is 7.39. The summed E-state index contributed by atoms with van der Waals surface area (Å²) in [6.07, 6.45) is 4.72. The van der Waals surface area contributed by atoms with Crippen LogP contribution in [0.3, 0.4) is 0 Å². The largest absolute Gasteiger partial charge is 0.367 e. The molecule has 3 rings (SSSR count). The number of aromatic nitrogens is 2. The maximum atomic E-state index is 12.8. The number of hydrogen-bond donors (Lipinski definition) is 2. The van der Waals surface area contributed by atoms with Crippen LogP contribution in [0, 0.1) is 0 Å². The Hall–Kier alpha value is -3.28. The van der Waals surface area contributed by atoms with E-state index in [1.165, 1.54) is 0 Å². The van der Waals surface area contributed by atoms with Crippen molar-refractivity contribution in [3.63, 3.8) is 0 Å². The monoisotopic (exact) mass is 320 g/mol. The predicted molar refractivity (Wildman–Crippen MR) is 90.0 cm³/mol. The van der Waals surface area contributed by atoms with E-state index in [4.69, 9.17) is 5.73 Å². The van der Waals surface area contributed by atoms with E-state index in [-0.39, 0.29) is 0 Å². The smallest absolute Gasteiger partial charge is 0.253 e. The number of fused-ring (bicyclic) bond motifs is 1. The highest BCUT2D eigenvalue weighted by Crippen LogP contribution is 2.22. The molecule has 3 aromatic rings. The Labute approximate surface area is 138 Å². The van der Waals surface area contributed by atoms with E-state index in [9.17, 15) is 9.59 Å². The molecule has 2 aromatic heterocycles. The number of benzene rings is 1. The summed E-state index contributed by atoms with van der Waals surface area (Å²) in [5.74, 6) is -1.06. The van der Waals surface area contributed by atoms with Gasteiger partial charge in [0.15, 0.2) is 0 Å². The second-order valence-corrected chi connectivity index (χ2v) is 5.56. The summed E-state index contributed by atoms with van der Waals surface area (Å²) in [7, 11) is 0. The van der Waals surface area contributed by atoms with E-state index in [1.54, 1.807) is 61.9 Å². The van der Waals surface area contributed by atoms with E-state index >= 15 is 0 Å². The van der Waals surface area contributed by atoms with E-state index in [2.05, 4.69) is 15.3 Å². The Bertz CT molecular complexity index is 906. The molecule has 2 heterocycles. The van der Waals surface area contributed by atoms with Gasteiger partial charge in [-0.2, -0.15) is 0 Å². The van der Waals surface area contributed by atoms with Gasteiger partial charge in [-0.3, -0.25) is 19.6 Å². The number of pyridine rings is 2. The Morgan fingerprint density at radius 3 is 2.54 bits per heavy atom. The minimum Gasteiger partial charge on any atom is -0.367 e. The summed E-state index contributed by atoms with van der Waals surface area (Å²) in [4.78, 5) is 33.0. The van der Waals surface area contributed by atoms with Crippen LogP contribution >= 0.6 is 0 Å². The topological polar surface area (TPSA) is 98.0 Å². The van der Waals surface area contributed by atoms with Crippen LogP contribution in [-0.2, 0) is 10.3 Å². The van der Waals surface area contributed by atoms with E-state index in [0.29, 0.717) is 22.0 Å². The van der Waals surface area contributed by atoms with E-state index < -0.39 is 17.4 Å². The molecule has 1 aromatic carbocycles. The maximum absolute atomic E-state index is 12.8. The second-order valence-electron chi connectivity index (χ2n) is 5.56. The van der Waals surface area contributed by atoms with Crippen LogP contribution in [0.4, 0.5) is 0 Å². The molecule has 6 nitrogen and oxygen atoms in total. The van der Waals surface area contributed by atoms with Gasteiger partial charge in [-0.1, -0.05) is 30.3 Å². The number of nitrogens with two attached hydrogens (primary N) is 1.